The molecule has 0 amide bonds. The Balaban J connectivity index is 1.70. The van der Waals surface area contributed by atoms with Crippen molar-refractivity contribution in [3.63, 3.8) is 0 Å². The van der Waals surface area contributed by atoms with Crippen molar-refractivity contribution in [3.8, 4) is 0 Å². The van der Waals surface area contributed by atoms with Crippen molar-refractivity contribution in [3.05, 3.63) is 20.3 Å². The maximum absolute atomic E-state index is 6.59. The molecule has 2 aliphatic rings. The molecule has 0 radical (unpaired) electrons. The number of thiophene rings is 1. The third-order valence-corrected chi connectivity index (χ3v) is 6.94. The van der Waals surface area contributed by atoms with Gasteiger partial charge in [-0.3, -0.25) is 0 Å². The van der Waals surface area contributed by atoms with Gasteiger partial charge in [-0.2, -0.15) is 0 Å². The topological polar surface area (TPSA) is 26.0 Å². The van der Waals surface area contributed by atoms with Gasteiger partial charge < -0.3 is 5.73 Å². The van der Waals surface area contributed by atoms with E-state index in [4.69, 9.17) is 5.73 Å². The quantitative estimate of drug-likeness (QED) is 0.762. The van der Waals surface area contributed by atoms with E-state index in [1.54, 1.807) is 0 Å². The van der Waals surface area contributed by atoms with Crippen LogP contribution in [0.25, 0.3) is 0 Å². The Bertz CT molecular complexity index is 442. The van der Waals surface area contributed by atoms with Crippen LogP contribution in [0.1, 0.15) is 61.4 Å². The van der Waals surface area contributed by atoms with Gasteiger partial charge in [0.05, 0.1) is 3.79 Å². The Kier molecular flexibility index (Phi) is 4.35. The molecule has 106 valence electrons. The van der Waals surface area contributed by atoms with Crippen LogP contribution in [0.3, 0.4) is 0 Å². The molecule has 1 aromatic rings. The summed E-state index contributed by atoms with van der Waals surface area (Å²) in [7, 11) is 0. The molecule has 4 atom stereocenters. The highest BCUT2D eigenvalue weighted by Gasteiger charge is 2.35. The number of hydrogen-bond donors (Lipinski definition) is 1. The predicted octanol–water partition coefficient (Wildman–Crippen LogP) is 5.43. The zero-order valence-electron chi connectivity index (χ0n) is 11.7. The van der Waals surface area contributed by atoms with Gasteiger partial charge in [-0.25, -0.2) is 0 Å². The molecule has 2 N–H and O–H groups in total. The largest absolute Gasteiger partial charge is 0.324 e. The number of aryl methyl sites for hydroxylation is 1. The van der Waals surface area contributed by atoms with Crippen LogP contribution in [0.2, 0.25) is 0 Å². The number of rotatable bonds is 2. The molecule has 2 saturated carbocycles. The second kappa shape index (κ2) is 5.87. The Labute approximate surface area is 129 Å². The predicted molar refractivity (Wildman–Crippen MR) is 86.5 cm³/mol. The number of halogens is 1. The van der Waals surface area contributed by atoms with E-state index in [9.17, 15) is 0 Å². The molecule has 2 aliphatic carbocycles. The van der Waals surface area contributed by atoms with Gasteiger partial charge in [-0.05, 0) is 71.5 Å². The zero-order valence-corrected chi connectivity index (χ0v) is 14.1. The molecule has 3 heteroatoms. The summed E-state index contributed by atoms with van der Waals surface area (Å²) in [5.74, 6) is 2.70. The molecule has 2 fully saturated rings. The zero-order chi connectivity index (χ0) is 13.4. The van der Waals surface area contributed by atoms with Gasteiger partial charge in [-0.1, -0.05) is 25.7 Å². The Morgan fingerprint density at radius 3 is 2.63 bits per heavy atom. The molecular formula is C16H24BrNS. The molecule has 0 bridgehead atoms. The minimum absolute atomic E-state index is 0.255. The number of fused-ring (bicyclic) bond motifs is 1. The fraction of sp³-hybridized carbons (Fsp3) is 0.750. The summed E-state index contributed by atoms with van der Waals surface area (Å²) in [5, 5.41) is 0. The molecule has 0 spiro atoms. The van der Waals surface area contributed by atoms with Gasteiger partial charge in [0.15, 0.2) is 0 Å². The SMILES string of the molecule is Cc1sc(Br)cc1C(N)C1CCC2CCCCC2C1. The lowest BCUT2D eigenvalue weighted by Crippen LogP contribution is -2.33. The van der Waals surface area contributed by atoms with E-state index in [1.807, 2.05) is 11.3 Å². The minimum atomic E-state index is 0.255. The lowest BCUT2D eigenvalue weighted by Gasteiger charge is -2.41. The summed E-state index contributed by atoms with van der Waals surface area (Å²) in [5.41, 5.74) is 7.98. The summed E-state index contributed by atoms with van der Waals surface area (Å²) < 4.78 is 1.22. The van der Waals surface area contributed by atoms with Gasteiger partial charge in [0.2, 0.25) is 0 Å². The van der Waals surface area contributed by atoms with Gasteiger partial charge >= 0.3 is 0 Å². The maximum Gasteiger partial charge on any atom is 0.0704 e. The molecule has 1 nitrogen and oxygen atoms in total. The first-order valence-corrected chi connectivity index (χ1v) is 9.27. The smallest absolute Gasteiger partial charge is 0.0704 e. The highest BCUT2D eigenvalue weighted by atomic mass is 79.9. The first-order chi connectivity index (χ1) is 9.15. The molecule has 3 rings (SSSR count). The maximum atomic E-state index is 6.59. The van der Waals surface area contributed by atoms with Crippen molar-refractivity contribution in [2.45, 2.75) is 57.9 Å². The Morgan fingerprint density at radius 2 is 1.95 bits per heavy atom. The lowest BCUT2D eigenvalue weighted by molar-refractivity contribution is 0.117. The summed E-state index contributed by atoms with van der Waals surface area (Å²) in [4.78, 5) is 1.39. The average molecular weight is 342 g/mol. The third kappa shape index (κ3) is 2.93. The summed E-state index contributed by atoms with van der Waals surface area (Å²) in [6, 6.07) is 2.50. The number of nitrogens with two attached hydrogens (primary N) is 1. The van der Waals surface area contributed by atoms with Crippen LogP contribution in [0.15, 0.2) is 9.85 Å². The number of hydrogen-bond acceptors (Lipinski definition) is 2. The first-order valence-electron chi connectivity index (χ1n) is 7.66. The van der Waals surface area contributed by atoms with Gasteiger partial charge in [0.1, 0.15) is 0 Å². The van der Waals surface area contributed by atoms with Gasteiger partial charge in [0, 0.05) is 10.9 Å². The van der Waals surface area contributed by atoms with E-state index < -0.39 is 0 Å². The minimum Gasteiger partial charge on any atom is -0.324 e. The monoisotopic (exact) mass is 341 g/mol. The summed E-state index contributed by atoms with van der Waals surface area (Å²) in [6.07, 6.45) is 10.00. The van der Waals surface area contributed by atoms with Gasteiger partial charge in [-0.15, -0.1) is 11.3 Å². The van der Waals surface area contributed by atoms with Crippen molar-refractivity contribution in [2.75, 3.05) is 0 Å². The highest BCUT2D eigenvalue weighted by Crippen LogP contribution is 2.46. The van der Waals surface area contributed by atoms with E-state index >= 15 is 0 Å². The summed E-state index contributed by atoms with van der Waals surface area (Å²) in [6.45, 7) is 2.21. The van der Waals surface area contributed by atoms with Crippen LogP contribution >= 0.6 is 27.3 Å². The van der Waals surface area contributed by atoms with Crippen molar-refractivity contribution in [1.29, 1.82) is 0 Å². The average Bonchev–Trinajstić information content (AvgIpc) is 2.76. The molecular weight excluding hydrogens is 318 g/mol. The molecule has 4 unspecified atom stereocenters. The molecule has 1 heterocycles. The van der Waals surface area contributed by atoms with Crippen LogP contribution in [0.4, 0.5) is 0 Å². The lowest BCUT2D eigenvalue weighted by atomic mass is 9.65. The fourth-order valence-electron chi connectivity index (χ4n) is 4.28. The first kappa shape index (κ1) is 14.1. The third-order valence-electron chi connectivity index (χ3n) is 5.37. The van der Waals surface area contributed by atoms with Crippen molar-refractivity contribution in [1.82, 2.24) is 0 Å². The fourth-order valence-corrected chi connectivity index (χ4v) is 6.05. The van der Waals surface area contributed by atoms with Crippen molar-refractivity contribution >= 4 is 27.3 Å². The van der Waals surface area contributed by atoms with Crippen LogP contribution in [-0.2, 0) is 0 Å². The van der Waals surface area contributed by atoms with E-state index in [2.05, 4.69) is 28.9 Å². The van der Waals surface area contributed by atoms with E-state index in [0.29, 0.717) is 5.92 Å². The molecule has 19 heavy (non-hydrogen) atoms. The van der Waals surface area contributed by atoms with Crippen LogP contribution in [0.5, 0.6) is 0 Å². The van der Waals surface area contributed by atoms with Crippen LogP contribution < -0.4 is 5.73 Å². The normalized spacial score (nSPS) is 32.9. The van der Waals surface area contributed by atoms with Crippen molar-refractivity contribution in [2.24, 2.45) is 23.5 Å². The standard InChI is InChI=1S/C16H24BrNS/c1-10-14(9-15(17)19-10)16(18)13-7-6-11-4-2-3-5-12(11)8-13/h9,11-13,16H,2-8,18H2,1H3. The van der Waals surface area contributed by atoms with E-state index in [-0.39, 0.29) is 6.04 Å². The highest BCUT2D eigenvalue weighted by molar-refractivity contribution is 9.11. The molecule has 0 saturated heterocycles. The van der Waals surface area contributed by atoms with Gasteiger partial charge in [0.25, 0.3) is 0 Å². The second-order valence-corrected chi connectivity index (χ2v) is 9.10. The second-order valence-electron chi connectivity index (χ2n) is 6.47. The Hall–Kier alpha value is 0.140. The molecule has 1 aromatic heterocycles. The van der Waals surface area contributed by atoms with E-state index in [0.717, 1.165) is 11.8 Å². The van der Waals surface area contributed by atoms with Crippen LogP contribution in [0, 0.1) is 24.7 Å². The van der Waals surface area contributed by atoms with Crippen LogP contribution in [-0.4, -0.2) is 0 Å². The van der Waals surface area contributed by atoms with Crippen molar-refractivity contribution < 1.29 is 0 Å². The molecule has 0 aromatic carbocycles. The van der Waals surface area contributed by atoms with E-state index in [1.165, 1.54) is 59.2 Å². The summed E-state index contributed by atoms with van der Waals surface area (Å²) >= 11 is 5.41. The molecule has 0 aliphatic heterocycles. The Morgan fingerprint density at radius 1 is 1.21 bits per heavy atom.